The van der Waals surface area contributed by atoms with Crippen molar-refractivity contribution in [2.45, 2.75) is 13.0 Å². The van der Waals surface area contributed by atoms with Crippen LogP contribution in [0.5, 0.6) is 0 Å². The van der Waals surface area contributed by atoms with Crippen LogP contribution < -0.4 is 16.0 Å². The van der Waals surface area contributed by atoms with Gasteiger partial charge in [-0.2, -0.15) is 0 Å². The van der Waals surface area contributed by atoms with Gasteiger partial charge in [0.15, 0.2) is 0 Å². The molecule has 1 aliphatic heterocycles. The number of carbonyl (C=O) groups is 1. The van der Waals surface area contributed by atoms with Crippen molar-refractivity contribution < 1.29 is 9.21 Å². The van der Waals surface area contributed by atoms with E-state index in [4.69, 9.17) is 10.2 Å². The zero-order valence-electron chi connectivity index (χ0n) is 14.2. The van der Waals surface area contributed by atoms with E-state index in [0.29, 0.717) is 24.4 Å². The molecular weight excluding hydrogens is 320 g/mol. The highest BCUT2D eigenvalue weighted by Crippen LogP contribution is 2.10. The standard InChI is InChI=1S/C17H24N6O2/c18-12-15-11-14(13-25-15)16(24)19-5-2-6-22-7-9-23(10-8-22)17-20-3-1-4-21-17/h1,3-4,11,13H,2,5-10,12,18H2,(H,19,24). The van der Waals surface area contributed by atoms with Crippen molar-refractivity contribution in [3.8, 4) is 0 Å². The van der Waals surface area contributed by atoms with Gasteiger partial charge in [0.1, 0.15) is 12.0 Å². The molecule has 25 heavy (non-hydrogen) atoms. The molecule has 1 saturated heterocycles. The number of nitrogens with two attached hydrogens (primary N) is 1. The molecule has 3 rings (SSSR count). The van der Waals surface area contributed by atoms with Crippen molar-refractivity contribution in [2.75, 3.05) is 44.2 Å². The minimum Gasteiger partial charge on any atom is -0.467 e. The molecule has 8 heteroatoms. The lowest BCUT2D eigenvalue weighted by molar-refractivity contribution is 0.0951. The molecule has 0 aromatic carbocycles. The summed E-state index contributed by atoms with van der Waals surface area (Å²) in [5.74, 6) is 1.30. The van der Waals surface area contributed by atoms with E-state index < -0.39 is 0 Å². The Balaban J connectivity index is 1.33. The summed E-state index contributed by atoms with van der Waals surface area (Å²) in [6.45, 7) is 5.71. The highest BCUT2D eigenvalue weighted by molar-refractivity contribution is 5.93. The van der Waals surface area contributed by atoms with Gasteiger partial charge in [-0.1, -0.05) is 0 Å². The number of furan rings is 1. The number of carbonyl (C=O) groups excluding carboxylic acids is 1. The van der Waals surface area contributed by atoms with Crippen LogP contribution in [0.15, 0.2) is 35.2 Å². The van der Waals surface area contributed by atoms with E-state index in [1.807, 2.05) is 6.07 Å². The smallest absolute Gasteiger partial charge is 0.254 e. The minimum atomic E-state index is -0.116. The molecule has 0 spiro atoms. The van der Waals surface area contributed by atoms with E-state index in [-0.39, 0.29) is 5.91 Å². The molecule has 3 N–H and O–H groups in total. The Hall–Kier alpha value is -2.45. The number of rotatable bonds is 7. The van der Waals surface area contributed by atoms with Crippen LogP contribution in [0, 0.1) is 0 Å². The second-order valence-electron chi connectivity index (χ2n) is 5.99. The maximum absolute atomic E-state index is 12.0. The van der Waals surface area contributed by atoms with Crippen LogP contribution in [-0.2, 0) is 6.54 Å². The van der Waals surface area contributed by atoms with Gasteiger partial charge in [-0.05, 0) is 25.1 Å². The summed E-state index contributed by atoms with van der Waals surface area (Å²) in [6.07, 6.45) is 5.90. The highest BCUT2D eigenvalue weighted by Gasteiger charge is 2.18. The lowest BCUT2D eigenvalue weighted by Gasteiger charge is -2.34. The monoisotopic (exact) mass is 344 g/mol. The number of piperazine rings is 1. The predicted molar refractivity (Wildman–Crippen MR) is 94.2 cm³/mol. The summed E-state index contributed by atoms with van der Waals surface area (Å²) in [5, 5.41) is 2.91. The van der Waals surface area contributed by atoms with E-state index in [1.54, 1.807) is 18.5 Å². The molecule has 1 aliphatic rings. The maximum atomic E-state index is 12.0. The lowest BCUT2D eigenvalue weighted by atomic mass is 10.2. The van der Waals surface area contributed by atoms with Gasteiger partial charge in [-0.3, -0.25) is 9.69 Å². The molecule has 8 nitrogen and oxygen atoms in total. The van der Waals surface area contributed by atoms with Crippen LogP contribution in [0.25, 0.3) is 0 Å². The van der Waals surface area contributed by atoms with Crippen molar-refractivity contribution in [1.29, 1.82) is 0 Å². The molecule has 1 fully saturated rings. The molecule has 0 aliphatic carbocycles. The average Bonchev–Trinajstić information content (AvgIpc) is 3.16. The molecular formula is C17H24N6O2. The van der Waals surface area contributed by atoms with Crippen LogP contribution in [0.2, 0.25) is 0 Å². The Morgan fingerprint density at radius 3 is 2.68 bits per heavy atom. The lowest BCUT2D eigenvalue weighted by Crippen LogP contribution is -2.47. The number of anilines is 1. The summed E-state index contributed by atoms with van der Waals surface area (Å²) < 4.78 is 5.17. The zero-order valence-corrected chi connectivity index (χ0v) is 14.2. The average molecular weight is 344 g/mol. The van der Waals surface area contributed by atoms with Gasteiger partial charge < -0.3 is 20.4 Å². The summed E-state index contributed by atoms with van der Waals surface area (Å²) in [4.78, 5) is 25.2. The first-order chi connectivity index (χ1) is 12.3. The number of hydrogen-bond donors (Lipinski definition) is 2. The number of amides is 1. The van der Waals surface area contributed by atoms with E-state index in [0.717, 1.165) is 45.1 Å². The number of aromatic nitrogens is 2. The van der Waals surface area contributed by atoms with E-state index in [1.165, 1.54) is 6.26 Å². The zero-order chi connectivity index (χ0) is 17.5. The Morgan fingerprint density at radius 1 is 1.24 bits per heavy atom. The Kier molecular flexibility index (Phi) is 5.97. The number of nitrogens with zero attached hydrogens (tertiary/aromatic N) is 4. The van der Waals surface area contributed by atoms with Crippen molar-refractivity contribution in [3.63, 3.8) is 0 Å². The molecule has 2 aromatic rings. The quantitative estimate of drug-likeness (QED) is 0.704. The molecule has 3 heterocycles. The van der Waals surface area contributed by atoms with Crippen LogP contribution in [0.3, 0.4) is 0 Å². The summed E-state index contributed by atoms with van der Waals surface area (Å²) in [5.41, 5.74) is 6.00. The third-order valence-corrected chi connectivity index (χ3v) is 4.26. The fourth-order valence-corrected chi connectivity index (χ4v) is 2.84. The van der Waals surface area contributed by atoms with Gasteiger partial charge in [0, 0.05) is 45.1 Å². The van der Waals surface area contributed by atoms with Crippen LogP contribution in [0.4, 0.5) is 5.95 Å². The van der Waals surface area contributed by atoms with Crippen molar-refractivity contribution in [3.05, 3.63) is 42.1 Å². The van der Waals surface area contributed by atoms with Gasteiger partial charge in [0.05, 0.1) is 12.1 Å². The second kappa shape index (κ2) is 8.59. The number of nitrogens with one attached hydrogen (secondary N) is 1. The van der Waals surface area contributed by atoms with Gasteiger partial charge in [0.2, 0.25) is 5.95 Å². The van der Waals surface area contributed by atoms with Crippen LogP contribution in [0.1, 0.15) is 22.5 Å². The van der Waals surface area contributed by atoms with Crippen molar-refractivity contribution >= 4 is 11.9 Å². The predicted octanol–water partition coefficient (Wildman–Crippen LogP) is 0.470. The molecule has 0 radical (unpaired) electrons. The highest BCUT2D eigenvalue weighted by atomic mass is 16.3. The van der Waals surface area contributed by atoms with Gasteiger partial charge in [-0.15, -0.1) is 0 Å². The second-order valence-corrected chi connectivity index (χ2v) is 5.99. The molecule has 0 bridgehead atoms. The van der Waals surface area contributed by atoms with Gasteiger partial charge >= 0.3 is 0 Å². The normalized spacial score (nSPS) is 15.3. The molecule has 0 atom stereocenters. The van der Waals surface area contributed by atoms with Crippen molar-refractivity contribution in [1.82, 2.24) is 20.2 Å². The van der Waals surface area contributed by atoms with Gasteiger partial charge in [-0.25, -0.2) is 9.97 Å². The minimum absolute atomic E-state index is 0.116. The topological polar surface area (TPSA) is 101 Å². The van der Waals surface area contributed by atoms with Gasteiger partial charge in [0.25, 0.3) is 5.91 Å². The Labute approximate surface area is 147 Å². The fraction of sp³-hybridized carbons (Fsp3) is 0.471. The van der Waals surface area contributed by atoms with Crippen LogP contribution >= 0.6 is 0 Å². The molecule has 2 aromatic heterocycles. The van der Waals surface area contributed by atoms with Crippen molar-refractivity contribution in [2.24, 2.45) is 5.73 Å². The molecule has 1 amide bonds. The summed E-state index contributed by atoms with van der Waals surface area (Å²) in [7, 11) is 0. The van der Waals surface area contributed by atoms with E-state index in [2.05, 4.69) is 25.1 Å². The maximum Gasteiger partial charge on any atom is 0.254 e. The molecule has 134 valence electrons. The van der Waals surface area contributed by atoms with E-state index >= 15 is 0 Å². The SMILES string of the molecule is NCc1cc(C(=O)NCCCN2CCN(c3ncccn3)CC2)co1. The third kappa shape index (κ3) is 4.77. The first-order valence-corrected chi connectivity index (χ1v) is 8.56. The van der Waals surface area contributed by atoms with Crippen LogP contribution in [-0.4, -0.2) is 60.0 Å². The fourth-order valence-electron chi connectivity index (χ4n) is 2.84. The summed E-state index contributed by atoms with van der Waals surface area (Å²) in [6, 6.07) is 3.51. The van der Waals surface area contributed by atoms with E-state index in [9.17, 15) is 4.79 Å². The summed E-state index contributed by atoms with van der Waals surface area (Å²) >= 11 is 0. The largest absolute Gasteiger partial charge is 0.467 e. The Bertz CT molecular complexity index is 667. The molecule has 0 saturated carbocycles. The third-order valence-electron chi connectivity index (χ3n) is 4.26. The molecule has 0 unspecified atom stereocenters. The first kappa shape index (κ1) is 17.4. The first-order valence-electron chi connectivity index (χ1n) is 8.56. The number of hydrogen-bond acceptors (Lipinski definition) is 7. The Morgan fingerprint density at radius 2 is 2.00 bits per heavy atom.